The number of phosphoric ester groups is 2. The number of carbonyl (C=O) groups excluding carboxylic acids is 4. The Morgan fingerprint density at radius 2 is 0.495 bits per heavy atom. The van der Waals surface area contributed by atoms with Gasteiger partial charge in [0, 0.05) is 25.7 Å². The van der Waals surface area contributed by atoms with Crippen molar-refractivity contribution < 1.29 is 80.2 Å². The van der Waals surface area contributed by atoms with Crippen molar-refractivity contribution >= 4 is 39.5 Å². The van der Waals surface area contributed by atoms with E-state index >= 15 is 0 Å². The van der Waals surface area contributed by atoms with Crippen molar-refractivity contribution in [2.24, 2.45) is 17.8 Å². The largest absolute Gasteiger partial charge is 0.472 e. The number of ether oxygens (including phenoxy) is 4. The third-order valence-electron chi connectivity index (χ3n) is 20.0. The van der Waals surface area contributed by atoms with Crippen molar-refractivity contribution in [3.63, 3.8) is 0 Å². The molecule has 19 heteroatoms. The molecule has 0 aromatic heterocycles. The number of rotatable bonds is 82. The summed E-state index contributed by atoms with van der Waals surface area (Å²) in [6.07, 6.45) is 64.0. The molecule has 0 amide bonds. The average molecular weight is 1510 g/mol. The number of aliphatic hydroxyl groups excluding tert-OH is 1. The zero-order valence-electron chi connectivity index (χ0n) is 67.8. The summed E-state index contributed by atoms with van der Waals surface area (Å²) in [4.78, 5) is 73.1. The van der Waals surface area contributed by atoms with E-state index in [1.165, 1.54) is 244 Å². The van der Waals surface area contributed by atoms with Gasteiger partial charge < -0.3 is 33.8 Å². The molecule has 0 bridgehead atoms. The van der Waals surface area contributed by atoms with Gasteiger partial charge in [0.2, 0.25) is 0 Å². The fraction of sp³-hybridized carbons (Fsp3) is 0.952. The predicted octanol–water partition coefficient (Wildman–Crippen LogP) is 25.3. The van der Waals surface area contributed by atoms with E-state index in [1.54, 1.807) is 0 Å². The highest BCUT2D eigenvalue weighted by atomic mass is 31.2. The molecule has 612 valence electrons. The number of unbranched alkanes of at least 4 members (excludes halogenated alkanes) is 49. The number of hydrogen-bond acceptors (Lipinski definition) is 15. The molecule has 6 atom stereocenters. The third kappa shape index (κ3) is 76.6. The molecule has 0 aromatic carbocycles. The van der Waals surface area contributed by atoms with Gasteiger partial charge in [-0.25, -0.2) is 9.13 Å². The molecule has 103 heavy (non-hydrogen) atoms. The Kier molecular flexibility index (Phi) is 72.8. The second kappa shape index (κ2) is 74.2. The number of carbonyl (C=O) groups is 4. The second-order valence-electron chi connectivity index (χ2n) is 31.4. The van der Waals surface area contributed by atoms with E-state index in [2.05, 4.69) is 48.5 Å². The summed E-state index contributed by atoms with van der Waals surface area (Å²) >= 11 is 0. The van der Waals surface area contributed by atoms with Gasteiger partial charge >= 0.3 is 39.5 Å². The molecule has 3 unspecified atom stereocenters. The lowest BCUT2D eigenvalue weighted by Crippen LogP contribution is -2.30. The van der Waals surface area contributed by atoms with Crippen LogP contribution in [0.1, 0.15) is 440 Å². The Morgan fingerprint density at radius 3 is 0.738 bits per heavy atom. The molecule has 0 aliphatic rings. The minimum absolute atomic E-state index is 0.106. The molecule has 17 nitrogen and oxygen atoms in total. The summed E-state index contributed by atoms with van der Waals surface area (Å²) in [5.41, 5.74) is 0. The second-order valence-corrected chi connectivity index (χ2v) is 34.3. The first-order chi connectivity index (χ1) is 49.8. The van der Waals surface area contributed by atoms with E-state index in [0.29, 0.717) is 31.6 Å². The highest BCUT2D eigenvalue weighted by molar-refractivity contribution is 7.47. The van der Waals surface area contributed by atoms with Gasteiger partial charge in [-0.05, 0) is 43.4 Å². The Labute approximate surface area is 632 Å². The minimum atomic E-state index is -4.96. The van der Waals surface area contributed by atoms with Gasteiger partial charge in [0.05, 0.1) is 26.4 Å². The summed E-state index contributed by atoms with van der Waals surface area (Å²) in [7, 11) is -9.92. The molecule has 0 fully saturated rings. The summed E-state index contributed by atoms with van der Waals surface area (Å²) < 4.78 is 68.8. The summed E-state index contributed by atoms with van der Waals surface area (Å²) in [6, 6.07) is 0. The topological polar surface area (TPSA) is 237 Å². The van der Waals surface area contributed by atoms with Crippen LogP contribution in [0.2, 0.25) is 0 Å². The lowest BCUT2D eigenvalue weighted by Gasteiger charge is -2.21. The van der Waals surface area contributed by atoms with Crippen molar-refractivity contribution in [2.75, 3.05) is 39.6 Å². The Balaban J connectivity index is 5.22. The Hall–Kier alpha value is -1.94. The highest BCUT2D eigenvalue weighted by Crippen LogP contribution is 2.45. The fourth-order valence-electron chi connectivity index (χ4n) is 13.0. The van der Waals surface area contributed by atoms with Crippen LogP contribution in [0.15, 0.2) is 0 Å². The van der Waals surface area contributed by atoms with E-state index in [0.717, 1.165) is 108 Å². The molecular weight excluding hydrogens is 1340 g/mol. The van der Waals surface area contributed by atoms with Gasteiger partial charge in [0.25, 0.3) is 0 Å². The number of phosphoric acid groups is 2. The number of hydrogen-bond donors (Lipinski definition) is 3. The van der Waals surface area contributed by atoms with Crippen LogP contribution in [-0.4, -0.2) is 96.7 Å². The fourth-order valence-corrected chi connectivity index (χ4v) is 14.6. The van der Waals surface area contributed by atoms with E-state index < -0.39 is 97.5 Å². The molecular formula is C84H164O17P2. The van der Waals surface area contributed by atoms with Gasteiger partial charge in [-0.15, -0.1) is 0 Å². The van der Waals surface area contributed by atoms with Crippen molar-refractivity contribution in [1.82, 2.24) is 0 Å². The number of esters is 4. The zero-order valence-corrected chi connectivity index (χ0v) is 69.6. The minimum Gasteiger partial charge on any atom is -0.462 e. The summed E-state index contributed by atoms with van der Waals surface area (Å²) in [5.74, 6) is 0.196. The first kappa shape index (κ1) is 101. The average Bonchev–Trinajstić information content (AvgIpc) is 0.909. The molecule has 0 saturated carbocycles. The van der Waals surface area contributed by atoms with Gasteiger partial charge in [-0.1, -0.05) is 389 Å². The van der Waals surface area contributed by atoms with E-state index in [4.69, 9.17) is 37.0 Å². The maximum atomic E-state index is 13.1. The molecule has 3 N–H and O–H groups in total. The molecule has 0 heterocycles. The SMILES string of the molecule is CCCCCCCCCCCCCCCCCCCCCCCC(=O)O[C@H](COC(=O)CCCCCCCCCCCCCCCCC(C)CC)COP(=O)(O)OC[C@@H](O)COP(=O)(O)OC[C@@H](COC(=O)CCCCCCCCC(C)C)OC(=O)CCCCCCCCCCCCCCC(C)C. The van der Waals surface area contributed by atoms with Crippen LogP contribution in [-0.2, 0) is 65.4 Å². The van der Waals surface area contributed by atoms with E-state index in [1.807, 2.05) is 0 Å². The van der Waals surface area contributed by atoms with E-state index in [-0.39, 0.29) is 25.7 Å². The molecule has 0 aliphatic carbocycles. The summed E-state index contributed by atoms with van der Waals surface area (Å²) in [6.45, 7) is 11.9. The standard InChI is InChI=1S/C84H164O17P2/c1-8-10-11-12-13-14-15-16-17-18-19-20-21-22-23-28-34-39-44-53-60-67-83(88)100-79(71-94-81(86)65-58-51-43-38-33-27-25-24-26-32-37-42-50-57-64-77(7)9-2)73-98-102(90,91)96-69-78(85)70-97-103(92,93)99-74-80(72-95-82(87)66-59-52-47-46-49-56-63-76(5)6)101-84(89)68-61-54-45-40-35-30-29-31-36-41-48-55-62-75(3)4/h75-80,85H,8-74H2,1-7H3,(H,90,91)(H,92,93)/t77?,78-,79-,80-/m1/s1. The van der Waals surface area contributed by atoms with Crippen LogP contribution in [0.3, 0.4) is 0 Å². The quantitative estimate of drug-likeness (QED) is 0.0222. The van der Waals surface area contributed by atoms with Crippen molar-refractivity contribution in [2.45, 2.75) is 458 Å². The van der Waals surface area contributed by atoms with Crippen LogP contribution >= 0.6 is 15.6 Å². The molecule has 0 aliphatic heterocycles. The smallest absolute Gasteiger partial charge is 0.462 e. The Morgan fingerprint density at radius 1 is 0.282 bits per heavy atom. The van der Waals surface area contributed by atoms with Crippen LogP contribution in [0.25, 0.3) is 0 Å². The van der Waals surface area contributed by atoms with Crippen molar-refractivity contribution in [3.8, 4) is 0 Å². The van der Waals surface area contributed by atoms with Crippen LogP contribution in [0.4, 0.5) is 0 Å². The maximum absolute atomic E-state index is 13.1. The predicted molar refractivity (Wildman–Crippen MR) is 423 cm³/mol. The normalized spacial score (nSPS) is 14.2. The third-order valence-corrected chi connectivity index (χ3v) is 21.9. The van der Waals surface area contributed by atoms with Gasteiger partial charge in [0.15, 0.2) is 12.2 Å². The maximum Gasteiger partial charge on any atom is 0.472 e. The Bertz CT molecular complexity index is 1990. The highest BCUT2D eigenvalue weighted by Gasteiger charge is 2.30. The molecule has 0 aromatic rings. The summed E-state index contributed by atoms with van der Waals surface area (Å²) in [5, 5.41) is 10.7. The van der Waals surface area contributed by atoms with Crippen LogP contribution in [0.5, 0.6) is 0 Å². The van der Waals surface area contributed by atoms with Gasteiger partial charge in [-0.3, -0.25) is 37.3 Å². The lowest BCUT2D eigenvalue weighted by atomic mass is 9.99. The van der Waals surface area contributed by atoms with Gasteiger partial charge in [-0.2, -0.15) is 0 Å². The van der Waals surface area contributed by atoms with Crippen molar-refractivity contribution in [1.29, 1.82) is 0 Å². The van der Waals surface area contributed by atoms with Crippen LogP contribution < -0.4 is 0 Å². The van der Waals surface area contributed by atoms with Gasteiger partial charge in [0.1, 0.15) is 19.3 Å². The molecule has 0 radical (unpaired) electrons. The first-order valence-electron chi connectivity index (χ1n) is 43.4. The molecule has 0 spiro atoms. The van der Waals surface area contributed by atoms with E-state index in [9.17, 15) is 43.2 Å². The zero-order chi connectivity index (χ0) is 75.8. The molecule has 0 saturated heterocycles. The van der Waals surface area contributed by atoms with Crippen LogP contribution in [0, 0.1) is 17.8 Å². The monoisotopic (exact) mass is 1510 g/mol. The first-order valence-corrected chi connectivity index (χ1v) is 46.4. The van der Waals surface area contributed by atoms with Crippen molar-refractivity contribution in [3.05, 3.63) is 0 Å². The lowest BCUT2D eigenvalue weighted by molar-refractivity contribution is -0.161. The number of aliphatic hydroxyl groups is 1. The molecule has 0 rings (SSSR count).